The van der Waals surface area contributed by atoms with Crippen LogP contribution in [0.1, 0.15) is 11.1 Å². The minimum Gasteiger partial charge on any atom is -0.497 e. The minimum atomic E-state index is -8.83. The quantitative estimate of drug-likeness (QED) is 0.0951. The van der Waals surface area contributed by atoms with E-state index in [1.165, 1.54) is 38.6 Å². The molecular formula is C43H27F17N4O4S. The van der Waals surface area contributed by atoms with E-state index in [-0.39, 0.29) is 45.9 Å². The zero-order valence-electron chi connectivity index (χ0n) is 34.4. The second kappa shape index (κ2) is 16.5. The molecule has 0 amide bonds. The first-order valence-corrected chi connectivity index (χ1v) is 20.6. The molecule has 3 heterocycles. The third-order valence-electron chi connectivity index (χ3n) is 10.9. The van der Waals surface area contributed by atoms with Crippen molar-refractivity contribution >= 4 is 31.8 Å². The van der Waals surface area contributed by atoms with Gasteiger partial charge in [-0.05, 0) is 35.9 Å². The maximum absolute atomic E-state index is 15.4. The van der Waals surface area contributed by atoms with Gasteiger partial charge in [0, 0.05) is 52.5 Å². The van der Waals surface area contributed by atoms with Crippen LogP contribution in [0.4, 0.5) is 74.6 Å². The van der Waals surface area contributed by atoms with Crippen LogP contribution in [0.25, 0.3) is 44.3 Å². The van der Waals surface area contributed by atoms with Crippen LogP contribution in [0.15, 0.2) is 121 Å². The van der Waals surface area contributed by atoms with Gasteiger partial charge in [-0.2, -0.15) is 74.6 Å². The van der Waals surface area contributed by atoms with Crippen molar-refractivity contribution in [2.75, 3.05) is 14.2 Å². The fourth-order valence-corrected chi connectivity index (χ4v) is 8.61. The number of rotatable bonds is 15. The second-order valence-electron chi connectivity index (χ2n) is 15.1. The van der Waals surface area contributed by atoms with Crippen LogP contribution < -0.4 is 9.47 Å². The van der Waals surface area contributed by atoms with Gasteiger partial charge in [0.15, 0.2) is 0 Å². The molecule has 8 nitrogen and oxygen atoms in total. The predicted molar refractivity (Wildman–Crippen MR) is 211 cm³/mol. The average Bonchev–Trinajstić information content (AvgIpc) is 3.87. The van der Waals surface area contributed by atoms with Gasteiger partial charge in [0.1, 0.15) is 11.4 Å². The van der Waals surface area contributed by atoms with Crippen molar-refractivity contribution in [3.63, 3.8) is 0 Å². The van der Waals surface area contributed by atoms with Gasteiger partial charge in [-0.15, -0.1) is 0 Å². The zero-order valence-corrected chi connectivity index (χ0v) is 35.2. The van der Waals surface area contributed by atoms with E-state index in [2.05, 4.69) is 9.97 Å². The standard InChI is InChI=1S/C43H27F17N4O4S/c1-67-25-15-16-28-29(21-63(33(28)18-25)20-23-9-4-3-5-10-23)31-19-61-34(35(62-31)68-2)30-22-64(32-14-7-6-13-27(30)32)69(65,66)26-12-8-11-24(17-26)36(44,45)37(46,47)38(48,49)39(50,51)40(52,53)41(54,55)42(56,57)43(58,59)60/h3-19,21-22H,20H2,1-2H3. The molecular weight excluding hydrogens is 992 g/mol. The molecule has 0 saturated carbocycles. The van der Waals surface area contributed by atoms with E-state index in [0.717, 1.165) is 23.3 Å². The molecule has 368 valence electrons. The number of hydrogen-bond acceptors (Lipinski definition) is 6. The number of fused-ring (bicyclic) bond motifs is 2. The van der Waals surface area contributed by atoms with E-state index in [0.29, 0.717) is 33.3 Å². The Bertz CT molecular complexity index is 3190. The highest BCUT2D eigenvalue weighted by Gasteiger charge is 2.95. The Morgan fingerprint density at radius 3 is 1.75 bits per heavy atom. The largest absolute Gasteiger partial charge is 0.497 e. The number of alkyl halides is 17. The number of ether oxygens (including phenoxy) is 2. The summed E-state index contributed by atoms with van der Waals surface area (Å²) in [4.78, 5) is 7.57. The van der Waals surface area contributed by atoms with E-state index < -0.39 is 74.2 Å². The molecule has 26 heteroatoms. The van der Waals surface area contributed by atoms with E-state index >= 15 is 17.6 Å². The summed E-state index contributed by atoms with van der Waals surface area (Å²) in [6.07, 6.45) is -4.00. The van der Waals surface area contributed by atoms with Crippen molar-refractivity contribution < 1.29 is 92.5 Å². The number of methoxy groups -OCH3 is 2. The molecule has 0 N–H and O–H groups in total. The lowest BCUT2D eigenvalue weighted by Crippen LogP contribution is -2.74. The molecule has 0 aliphatic heterocycles. The summed E-state index contributed by atoms with van der Waals surface area (Å²) in [5.41, 5.74) is -0.817. The lowest BCUT2D eigenvalue weighted by molar-refractivity contribution is -0.462. The molecule has 0 unspecified atom stereocenters. The Kier molecular flexibility index (Phi) is 12.0. The zero-order chi connectivity index (χ0) is 51.1. The van der Waals surface area contributed by atoms with E-state index in [1.807, 2.05) is 34.9 Å². The van der Waals surface area contributed by atoms with Gasteiger partial charge in [-0.3, -0.25) is 0 Å². The summed E-state index contributed by atoms with van der Waals surface area (Å²) in [7, 11) is -2.78. The molecule has 0 fully saturated rings. The maximum Gasteiger partial charge on any atom is 0.460 e. The summed E-state index contributed by atoms with van der Waals surface area (Å²) in [6, 6.07) is 19.4. The number of aromatic nitrogens is 4. The lowest BCUT2D eigenvalue weighted by atomic mass is 9.87. The number of benzene rings is 4. The fraction of sp³-hybridized carbons (Fsp3) is 0.256. The summed E-state index contributed by atoms with van der Waals surface area (Å²) in [5.74, 6) is -58.0. The molecule has 0 saturated heterocycles. The van der Waals surface area contributed by atoms with Crippen LogP contribution in [-0.4, -0.2) is 82.9 Å². The highest BCUT2D eigenvalue weighted by atomic mass is 32.2. The Balaban J connectivity index is 1.28. The van der Waals surface area contributed by atoms with Gasteiger partial charge in [-0.25, -0.2) is 22.4 Å². The molecule has 3 aromatic heterocycles. The molecule has 0 bridgehead atoms. The van der Waals surface area contributed by atoms with Crippen molar-refractivity contribution in [1.29, 1.82) is 0 Å². The first-order chi connectivity index (χ1) is 31.8. The molecule has 0 aliphatic rings. The van der Waals surface area contributed by atoms with Crippen LogP contribution in [0.5, 0.6) is 11.6 Å². The summed E-state index contributed by atoms with van der Waals surface area (Å²) >= 11 is 0. The van der Waals surface area contributed by atoms with Crippen LogP contribution in [0, 0.1) is 0 Å². The van der Waals surface area contributed by atoms with Crippen molar-refractivity contribution in [2.45, 2.75) is 59.1 Å². The Morgan fingerprint density at radius 1 is 0.565 bits per heavy atom. The summed E-state index contributed by atoms with van der Waals surface area (Å²) in [6.45, 7) is 0.408. The molecule has 0 atom stereocenters. The van der Waals surface area contributed by atoms with Gasteiger partial charge in [0.05, 0.1) is 42.0 Å². The first-order valence-electron chi connectivity index (χ1n) is 19.1. The summed E-state index contributed by atoms with van der Waals surface area (Å²) in [5, 5.41) is 0.698. The smallest absolute Gasteiger partial charge is 0.460 e. The summed E-state index contributed by atoms with van der Waals surface area (Å²) < 4.78 is 281. The van der Waals surface area contributed by atoms with Gasteiger partial charge in [-0.1, -0.05) is 60.7 Å². The third-order valence-corrected chi connectivity index (χ3v) is 12.6. The molecule has 0 radical (unpaired) electrons. The average molecular weight is 1020 g/mol. The monoisotopic (exact) mass is 1020 g/mol. The first kappa shape index (κ1) is 50.3. The fourth-order valence-electron chi connectivity index (χ4n) is 7.19. The molecule has 4 aromatic carbocycles. The normalized spacial score (nSPS) is 13.9. The molecule has 7 rings (SSSR count). The second-order valence-corrected chi connectivity index (χ2v) is 16.9. The SMILES string of the molecule is COc1ccc2c(-c3cnc(-c4cn(S(=O)(=O)c5cccc(C(F)(F)C(F)(F)C(F)(F)C(F)(F)C(F)(F)C(F)(F)C(F)(F)C(F)(F)F)c5)c5ccccc45)c(OC)n3)cn(Cc3ccccc3)c2c1. The lowest BCUT2D eigenvalue weighted by Gasteiger charge is -2.42. The van der Waals surface area contributed by atoms with Gasteiger partial charge in [0.25, 0.3) is 10.0 Å². The molecule has 0 aliphatic carbocycles. The van der Waals surface area contributed by atoms with Gasteiger partial charge in [0.2, 0.25) is 5.88 Å². The van der Waals surface area contributed by atoms with Crippen molar-refractivity contribution in [3.05, 3.63) is 127 Å². The van der Waals surface area contributed by atoms with Crippen molar-refractivity contribution in [1.82, 2.24) is 18.5 Å². The Labute approximate surface area is 376 Å². The van der Waals surface area contributed by atoms with Crippen LogP contribution in [0.3, 0.4) is 0 Å². The Hall–Kier alpha value is -6.60. The third kappa shape index (κ3) is 7.55. The highest BCUT2D eigenvalue weighted by molar-refractivity contribution is 7.90. The van der Waals surface area contributed by atoms with Gasteiger partial charge < -0.3 is 14.0 Å². The van der Waals surface area contributed by atoms with Gasteiger partial charge >= 0.3 is 47.6 Å². The molecule has 69 heavy (non-hydrogen) atoms. The van der Waals surface area contributed by atoms with E-state index in [9.17, 15) is 65.5 Å². The minimum absolute atomic E-state index is 0.0108. The van der Waals surface area contributed by atoms with Crippen LogP contribution in [0.2, 0.25) is 0 Å². The van der Waals surface area contributed by atoms with Crippen LogP contribution in [-0.2, 0) is 22.5 Å². The number of halogens is 17. The topological polar surface area (TPSA) is 88.2 Å². The predicted octanol–water partition coefficient (Wildman–Crippen LogP) is 12.5. The van der Waals surface area contributed by atoms with Crippen molar-refractivity contribution in [2.24, 2.45) is 0 Å². The molecule has 0 spiro atoms. The highest BCUT2D eigenvalue weighted by Crippen LogP contribution is 2.65. The van der Waals surface area contributed by atoms with Crippen molar-refractivity contribution in [3.8, 4) is 34.1 Å². The Morgan fingerprint density at radius 2 is 1.14 bits per heavy atom. The maximum atomic E-state index is 15.4. The number of hydrogen-bond donors (Lipinski definition) is 0. The van der Waals surface area contributed by atoms with E-state index in [4.69, 9.17) is 9.47 Å². The number of nitrogens with zero attached hydrogens (tertiary/aromatic N) is 4. The molecule has 7 aromatic rings. The van der Waals surface area contributed by atoms with Crippen LogP contribution >= 0.6 is 0 Å². The van der Waals surface area contributed by atoms with E-state index in [1.54, 1.807) is 24.4 Å². The number of para-hydroxylation sites is 1.